The van der Waals surface area contributed by atoms with Crippen LogP contribution >= 0.6 is 0 Å². The molecule has 3 aliphatic heterocycles. The molecule has 3 fully saturated rings. The maximum absolute atomic E-state index is 14.0. The summed E-state index contributed by atoms with van der Waals surface area (Å²) in [6.45, 7) is 0.225. The second-order valence-electron chi connectivity index (χ2n) is 10.2. The number of rotatable bonds is 6. The van der Waals surface area contributed by atoms with Gasteiger partial charge in [-0.3, -0.25) is 19.4 Å². The molecule has 2 bridgehead atoms. The Labute approximate surface area is 210 Å². The summed E-state index contributed by atoms with van der Waals surface area (Å²) in [4.78, 5) is 47.0. The number of hydrogen-bond donors (Lipinski definition) is 2. The Morgan fingerprint density at radius 1 is 1.06 bits per heavy atom. The number of aromatic nitrogens is 1. The lowest BCUT2D eigenvalue weighted by Gasteiger charge is -2.34. The summed E-state index contributed by atoms with van der Waals surface area (Å²) >= 11 is 0. The Hall–Kier alpha value is -3.52. The van der Waals surface area contributed by atoms with E-state index in [1.54, 1.807) is 17.3 Å². The first kappa shape index (κ1) is 22.9. The number of likely N-dealkylation sites (tertiary alicyclic amines) is 1. The minimum atomic E-state index is -1.17. The van der Waals surface area contributed by atoms with Crippen LogP contribution in [-0.4, -0.2) is 51.4 Å². The fourth-order valence-corrected chi connectivity index (χ4v) is 6.40. The van der Waals surface area contributed by atoms with Crippen LogP contribution in [-0.2, 0) is 25.7 Å². The first-order valence-electron chi connectivity index (χ1n) is 12.8. The molecule has 2 saturated heterocycles. The summed E-state index contributed by atoms with van der Waals surface area (Å²) in [5.74, 6) is -2.20. The minimum absolute atomic E-state index is 0.0943. The molecular formula is C28H30N4O4. The van der Waals surface area contributed by atoms with Crippen LogP contribution in [0.25, 0.3) is 0 Å². The standard InChI is InChI=1S/C28H30N4O4/c33-25(30-19-9-3-1-4-10-19)22-21-13-14-28(36-21)23(22)27(35)32(17-18-8-7-15-29-16-18)24(28)26(34)31-20-11-5-2-6-12-20/h1,3-4,7-10,13-16,20-24H,2,5-6,11-12,17H2,(H,30,33)(H,31,34)/t21-,22-,23+,24+,28-/m1/s1. The zero-order valence-corrected chi connectivity index (χ0v) is 20.0. The van der Waals surface area contributed by atoms with Crippen molar-refractivity contribution in [3.8, 4) is 0 Å². The van der Waals surface area contributed by atoms with Crippen molar-refractivity contribution in [2.24, 2.45) is 11.8 Å². The van der Waals surface area contributed by atoms with Crippen LogP contribution in [0.1, 0.15) is 37.7 Å². The van der Waals surface area contributed by atoms with Crippen molar-refractivity contribution in [2.45, 2.75) is 62.4 Å². The van der Waals surface area contributed by atoms with Gasteiger partial charge in [0.25, 0.3) is 0 Å². The van der Waals surface area contributed by atoms with Crippen molar-refractivity contribution in [3.63, 3.8) is 0 Å². The first-order chi connectivity index (χ1) is 17.6. The lowest BCUT2D eigenvalue weighted by molar-refractivity contribution is -0.142. The van der Waals surface area contributed by atoms with Crippen molar-refractivity contribution in [3.05, 3.63) is 72.6 Å². The van der Waals surface area contributed by atoms with Gasteiger partial charge in [0.2, 0.25) is 17.7 Å². The summed E-state index contributed by atoms with van der Waals surface area (Å²) in [6.07, 6.45) is 11.7. The number of nitrogens with zero attached hydrogens (tertiary/aromatic N) is 2. The second-order valence-corrected chi connectivity index (χ2v) is 10.2. The van der Waals surface area contributed by atoms with E-state index in [0.717, 1.165) is 31.2 Å². The number of benzene rings is 1. The van der Waals surface area contributed by atoms with E-state index >= 15 is 0 Å². The molecule has 8 nitrogen and oxygen atoms in total. The highest BCUT2D eigenvalue weighted by Crippen LogP contribution is 2.55. The highest BCUT2D eigenvalue weighted by Gasteiger charge is 2.72. The van der Waals surface area contributed by atoms with Crippen molar-refractivity contribution >= 4 is 23.4 Å². The number of anilines is 1. The molecule has 1 saturated carbocycles. The quantitative estimate of drug-likeness (QED) is 0.612. The molecule has 0 radical (unpaired) electrons. The van der Waals surface area contributed by atoms with E-state index in [-0.39, 0.29) is 30.3 Å². The Balaban J connectivity index is 1.33. The number of ether oxygens (including phenoxy) is 1. The van der Waals surface area contributed by atoms with E-state index in [2.05, 4.69) is 15.6 Å². The molecule has 186 valence electrons. The van der Waals surface area contributed by atoms with Gasteiger partial charge in [-0.15, -0.1) is 0 Å². The van der Waals surface area contributed by atoms with E-state index < -0.39 is 29.6 Å². The fraction of sp³-hybridized carbons (Fsp3) is 0.429. The number of amides is 3. The third-order valence-corrected chi connectivity index (χ3v) is 7.99. The van der Waals surface area contributed by atoms with Gasteiger partial charge in [-0.1, -0.05) is 55.7 Å². The van der Waals surface area contributed by atoms with Crippen molar-refractivity contribution < 1.29 is 19.1 Å². The summed E-state index contributed by atoms with van der Waals surface area (Å²) < 4.78 is 6.41. The van der Waals surface area contributed by atoms with Crippen LogP contribution in [0.3, 0.4) is 0 Å². The maximum atomic E-state index is 14.0. The first-order valence-corrected chi connectivity index (χ1v) is 12.8. The number of hydrogen-bond acceptors (Lipinski definition) is 5. The van der Waals surface area contributed by atoms with Crippen molar-refractivity contribution in [1.82, 2.24) is 15.2 Å². The third-order valence-electron chi connectivity index (χ3n) is 7.99. The van der Waals surface area contributed by atoms with Gasteiger partial charge in [-0.25, -0.2) is 0 Å². The van der Waals surface area contributed by atoms with E-state index in [0.29, 0.717) is 5.69 Å². The van der Waals surface area contributed by atoms with E-state index in [9.17, 15) is 14.4 Å². The molecule has 8 heteroatoms. The van der Waals surface area contributed by atoms with Gasteiger partial charge in [0.1, 0.15) is 11.6 Å². The molecule has 2 N–H and O–H groups in total. The Morgan fingerprint density at radius 3 is 2.61 bits per heavy atom. The van der Waals surface area contributed by atoms with Gasteiger partial charge in [-0.2, -0.15) is 0 Å². The fourth-order valence-electron chi connectivity index (χ4n) is 6.40. The summed E-state index contributed by atoms with van der Waals surface area (Å²) in [7, 11) is 0. The molecule has 0 unspecified atom stereocenters. The number of nitrogens with one attached hydrogen (secondary N) is 2. The topological polar surface area (TPSA) is 101 Å². The molecule has 4 heterocycles. The smallest absolute Gasteiger partial charge is 0.246 e. The SMILES string of the molecule is O=C(Nc1ccccc1)[C@H]1[C@H]2C(=O)N(Cc3cccnc3)[C@@H](C(=O)NC3CCCCC3)[C@@]23C=C[C@H]1O3. The van der Waals surface area contributed by atoms with Crippen LogP contribution < -0.4 is 10.6 Å². The van der Waals surface area contributed by atoms with E-state index in [4.69, 9.17) is 4.74 Å². The van der Waals surface area contributed by atoms with Crippen LogP contribution in [0.2, 0.25) is 0 Å². The Kier molecular flexibility index (Phi) is 5.84. The largest absolute Gasteiger partial charge is 0.359 e. The zero-order valence-electron chi connectivity index (χ0n) is 20.0. The van der Waals surface area contributed by atoms with Crippen LogP contribution in [0, 0.1) is 11.8 Å². The molecule has 1 aromatic carbocycles. The van der Waals surface area contributed by atoms with Gasteiger partial charge < -0.3 is 20.3 Å². The molecular weight excluding hydrogens is 456 g/mol. The molecule has 3 amide bonds. The highest BCUT2D eigenvalue weighted by molar-refractivity contribution is 6.02. The van der Waals surface area contributed by atoms with E-state index in [1.165, 1.54) is 6.42 Å². The third kappa shape index (κ3) is 3.80. The lowest BCUT2D eigenvalue weighted by atomic mass is 9.74. The summed E-state index contributed by atoms with van der Waals surface area (Å²) in [6, 6.07) is 12.1. The van der Waals surface area contributed by atoms with Crippen LogP contribution in [0.15, 0.2) is 67.0 Å². The molecule has 4 aliphatic rings. The van der Waals surface area contributed by atoms with Crippen molar-refractivity contribution in [2.75, 3.05) is 5.32 Å². The molecule has 1 spiro atoms. The normalized spacial score (nSPS) is 30.9. The Bertz CT molecular complexity index is 1180. The lowest BCUT2D eigenvalue weighted by Crippen LogP contribution is -2.56. The van der Waals surface area contributed by atoms with Crippen LogP contribution in [0.4, 0.5) is 5.69 Å². The predicted octanol–water partition coefficient (Wildman–Crippen LogP) is 2.82. The number of fused-ring (bicyclic) bond motifs is 1. The monoisotopic (exact) mass is 486 g/mol. The minimum Gasteiger partial charge on any atom is -0.359 e. The second kappa shape index (κ2) is 9.17. The van der Waals surface area contributed by atoms with Gasteiger partial charge in [0, 0.05) is 30.7 Å². The van der Waals surface area contributed by atoms with E-state index in [1.807, 2.05) is 54.6 Å². The average Bonchev–Trinajstić information content (AvgIpc) is 3.53. The number of pyridine rings is 1. The molecule has 2 aromatic rings. The molecule has 1 aliphatic carbocycles. The molecule has 5 atom stereocenters. The highest BCUT2D eigenvalue weighted by atomic mass is 16.5. The summed E-state index contributed by atoms with van der Waals surface area (Å²) in [5.41, 5.74) is 0.315. The van der Waals surface area contributed by atoms with Gasteiger partial charge in [0.15, 0.2) is 0 Å². The maximum Gasteiger partial charge on any atom is 0.246 e. The predicted molar refractivity (Wildman–Crippen MR) is 132 cm³/mol. The van der Waals surface area contributed by atoms with Crippen LogP contribution in [0.5, 0.6) is 0 Å². The molecule has 36 heavy (non-hydrogen) atoms. The van der Waals surface area contributed by atoms with Gasteiger partial charge in [0.05, 0.1) is 17.9 Å². The number of para-hydroxylation sites is 1. The van der Waals surface area contributed by atoms with Gasteiger partial charge >= 0.3 is 0 Å². The van der Waals surface area contributed by atoms with Gasteiger partial charge in [-0.05, 0) is 36.6 Å². The number of carbonyl (C=O) groups is 3. The molecule has 1 aromatic heterocycles. The summed E-state index contributed by atoms with van der Waals surface area (Å²) in [5, 5.41) is 6.15. The zero-order chi connectivity index (χ0) is 24.7. The Morgan fingerprint density at radius 2 is 1.86 bits per heavy atom. The van der Waals surface area contributed by atoms with Crippen molar-refractivity contribution in [1.29, 1.82) is 0 Å². The molecule has 6 rings (SSSR count). The number of carbonyl (C=O) groups excluding carboxylic acids is 3. The average molecular weight is 487 g/mol.